The molecule has 0 bridgehead atoms. The zero-order valence-electron chi connectivity index (χ0n) is 8.21. The SMILES string of the molecule is CC(C)(C)CNC(C)(C)C. The summed E-state index contributed by atoms with van der Waals surface area (Å²) in [5.41, 5.74) is 0.653. The van der Waals surface area contributed by atoms with E-state index < -0.39 is 0 Å². The van der Waals surface area contributed by atoms with Gasteiger partial charge in [0.1, 0.15) is 0 Å². The summed E-state index contributed by atoms with van der Waals surface area (Å²) in [7, 11) is 0. The number of hydrogen-bond donors (Lipinski definition) is 1. The highest BCUT2D eigenvalue weighted by Crippen LogP contribution is 2.12. The second kappa shape index (κ2) is 2.91. The van der Waals surface area contributed by atoms with Gasteiger partial charge in [-0.05, 0) is 26.2 Å². The number of nitrogens with one attached hydrogen (secondary N) is 1. The number of hydrogen-bond acceptors (Lipinski definition) is 1. The fourth-order valence-electron chi connectivity index (χ4n) is 0.530. The molecule has 0 unspecified atom stereocenters. The number of rotatable bonds is 1. The summed E-state index contributed by atoms with van der Waals surface area (Å²) in [6, 6.07) is 0. The molecule has 10 heavy (non-hydrogen) atoms. The molecule has 0 aromatic heterocycles. The van der Waals surface area contributed by atoms with Crippen molar-refractivity contribution in [3.8, 4) is 0 Å². The summed E-state index contributed by atoms with van der Waals surface area (Å²) in [6.07, 6.45) is 0. The summed E-state index contributed by atoms with van der Waals surface area (Å²) in [6.45, 7) is 14.4. The minimum atomic E-state index is 0.257. The molecule has 0 aliphatic rings. The van der Waals surface area contributed by atoms with Gasteiger partial charge in [0.2, 0.25) is 0 Å². The van der Waals surface area contributed by atoms with Crippen LogP contribution < -0.4 is 5.32 Å². The van der Waals surface area contributed by atoms with E-state index >= 15 is 0 Å². The Labute approximate surface area is 65.2 Å². The van der Waals surface area contributed by atoms with Crippen molar-refractivity contribution in [1.82, 2.24) is 5.32 Å². The minimum Gasteiger partial charge on any atom is -0.312 e. The van der Waals surface area contributed by atoms with Crippen LogP contribution in [-0.2, 0) is 0 Å². The average molecular weight is 143 g/mol. The van der Waals surface area contributed by atoms with Crippen molar-refractivity contribution in [2.24, 2.45) is 5.41 Å². The zero-order valence-corrected chi connectivity index (χ0v) is 8.21. The summed E-state index contributed by atoms with van der Waals surface area (Å²) < 4.78 is 0. The molecular weight excluding hydrogens is 122 g/mol. The predicted octanol–water partition coefficient (Wildman–Crippen LogP) is 2.42. The molecule has 1 nitrogen and oxygen atoms in total. The Bertz CT molecular complexity index is 78.3. The van der Waals surface area contributed by atoms with Gasteiger partial charge in [0.15, 0.2) is 0 Å². The molecule has 0 heterocycles. The van der Waals surface area contributed by atoms with Crippen LogP contribution in [0.5, 0.6) is 0 Å². The monoisotopic (exact) mass is 143 g/mol. The van der Waals surface area contributed by atoms with E-state index in [0.717, 1.165) is 6.54 Å². The van der Waals surface area contributed by atoms with Crippen molar-refractivity contribution in [2.75, 3.05) is 6.54 Å². The van der Waals surface area contributed by atoms with E-state index in [2.05, 4.69) is 46.9 Å². The van der Waals surface area contributed by atoms with Crippen LogP contribution >= 0.6 is 0 Å². The fraction of sp³-hybridized carbons (Fsp3) is 1.00. The lowest BCUT2D eigenvalue weighted by molar-refractivity contribution is 0.315. The molecular formula is C9H21N. The first kappa shape index (κ1) is 9.96. The third-order valence-corrected chi connectivity index (χ3v) is 1.15. The van der Waals surface area contributed by atoms with Crippen LogP contribution in [0.1, 0.15) is 41.5 Å². The van der Waals surface area contributed by atoms with Crippen LogP contribution in [0, 0.1) is 5.41 Å². The lowest BCUT2D eigenvalue weighted by Crippen LogP contribution is -2.40. The highest BCUT2D eigenvalue weighted by molar-refractivity contribution is 4.74. The zero-order chi connectivity index (χ0) is 8.41. The van der Waals surface area contributed by atoms with Crippen molar-refractivity contribution in [2.45, 2.75) is 47.1 Å². The normalized spacial score (nSPS) is 13.8. The first-order chi connectivity index (χ1) is 4.21. The Hall–Kier alpha value is -0.0400. The van der Waals surface area contributed by atoms with Crippen molar-refractivity contribution < 1.29 is 0 Å². The van der Waals surface area contributed by atoms with Gasteiger partial charge in [-0.15, -0.1) is 0 Å². The molecule has 0 rings (SSSR count). The van der Waals surface area contributed by atoms with Gasteiger partial charge in [-0.2, -0.15) is 0 Å². The molecule has 0 saturated carbocycles. The maximum atomic E-state index is 3.46. The van der Waals surface area contributed by atoms with Crippen LogP contribution in [0.15, 0.2) is 0 Å². The lowest BCUT2D eigenvalue weighted by Gasteiger charge is -2.27. The van der Waals surface area contributed by atoms with Gasteiger partial charge < -0.3 is 5.32 Å². The summed E-state index contributed by atoms with van der Waals surface area (Å²) in [5.74, 6) is 0. The summed E-state index contributed by atoms with van der Waals surface area (Å²) in [4.78, 5) is 0. The maximum Gasteiger partial charge on any atom is 0.00967 e. The van der Waals surface area contributed by atoms with E-state index in [1.165, 1.54) is 0 Å². The molecule has 0 aliphatic carbocycles. The molecule has 0 amide bonds. The van der Waals surface area contributed by atoms with E-state index in [4.69, 9.17) is 0 Å². The Morgan fingerprint density at radius 1 is 0.900 bits per heavy atom. The second-order valence-corrected chi connectivity index (χ2v) is 5.16. The van der Waals surface area contributed by atoms with Gasteiger partial charge >= 0.3 is 0 Å². The molecule has 1 N–H and O–H groups in total. The minimum absolute atomic E-state index is 0.257. The van der Waals surface area contributed by atoms with Crippen molar-refractivity contribution in [3.63, 3.8) is 0 Å². The van der Waals surface area contributed by atoms with Gasteiger partial charge in [-0.25, -0.2) is 0 Å². The highest BCUT2D eigenvalue weighted by atomic mass is 14.9. The van der Waals surface area contributed by atoms with E-state index in [9.17, 15) is 0 Å². The largest absolute Gasteiger partial charge is 0.312 e. The van der Waals surface area contributed by atoms with Crippen molar-refractivity contribution in [3.05, 3.63) is 0 Å². The van der Waals surface area contributed by atoms with Crippen LogP contribution in [0.4, 0.5) is 0 Å². The van der Waals surface area contributed by atoms with Gasteiger partial charge in [-0.1, -0.05) is 20.8 Å². The van der Waals surface area contributed by atoms with E-state index in [1.807, 2.05) is 0 Å². The van der Waals surface area contributed by atoms with Crippen LogP contribution in [0.2, 0.25) is 0 Å². The van der Waals surface area contributed by atoms with E-state index in [1.54, 1.807) is 0 Å². The Morgan fingerprint density at radius 3 is 1.40 bits per heavy atom. The van der Waals surface area contributed by atoms with Crippen molar-refractivity contribution >= 4 is 0 Å². The van der Waals surface area contributed by atoms with Crippen LogP contribution in [0.3, 0.4) is 0 Å². The molecule has 0 fully saturated rings. The quantitative estimate of drug-likeness (QED) is 0.594. The second-order valence-electron chi connectivity index (χ2n) is 5.16. The average Bonchev–Trinajstić information content (AvgIpc) is 1.57. The highest BCUT2D eigenvalue weighted by Gasteiger charge is 2.14. The predicted molar refractivity (Wildman–Crippen MR) is 47.2 cm³/mol. The third kappa shape index (κ3) is 7.96. The first-order valence-corrected chi connectivity index (χ1v) is 3.96. The lowest BCUT2D eigenvalue weighted by atomic mass is 9.95. The molecule has 0 aromatic carbocycles. The Balaban J connectivity index is 3.56. The van der Waals surface area contributed by atoms with E-state index in [-0.39, 0.29) is 5.54 Å². The third-order valence-electron chi connectivity index (χ3n) is 1.15. The summed E-state index contributed by atoms with van der Waals surface area (Å²) >= 11 is 0. The summed E-state index contributed by atoms with van der Waals surface area (Å²) in [5, 5.41) is 3.46. The van der Waals surface area contributed by atoms with Crippen molar-refractivity contribution in [1.29, 1.82) is 0 Å². The van der Waals surface area contributed by atoms with Gasteiger partial charge in [-0.3, -0.25) is 0 Å². The standard InChI is InChI=1S/C9H21N/c1-8(2,3)7-10-9(4,5)6/h10H,7H2,1-6H3. The van der Waals surface area contributed by atoms with Gasteiger partial charge in [0.05, 0.1) is 0 Å². The maximum absolute atomic E-state index is 3.46. The molecule has 0 aliphatic heterocycles. The topological polar surface area (TPSA) is 12.0 Å². The van der Waals surface area contributed by atoms with Crippen LogP contribution in [-0.4, -0.2) is 12.1 Å². The van der Waals surface area contributed by atoms with Gasteiger partial charge in [0.25, 0.3) is 0 Å². The molecule has 0 saturated heterocycles. The molecule has 1 heteroatoms. The Morgan fingerprint density at radius 2 is 1.30 bits per heavy atom. The smallest absolute Gasteiger partial charge is 0.00967 e. The van der Waals surface area contributed by atoms with Crippen LogP contribution in [0.25, 0.3) is 0 Å². The fourth-order valence-corrected chi connectivity index (χ4v) is 0.530. The molecule has 0 atom stereocenters. The molecule has 0 aromatic rings. The Kier molecular flexibility index (Phi) is 2.90. The van der Waals surface area contributed by atoms with E-state index in [0.29, 0.717) is 5.41 Å². The molecule has 62 valence electrons. The van der Waals surface area contributed by atoms with Gasteiger partial charge in [0, 0.05) is 12.1 Å². The first-order valence-electron chi connectivity index (χ1n) is 3.96. The molecule has 0 radical (unpaired) electrons. The molecule has 0 spiro atoms.